The van der Waals surface area contributed by atoms with Crippen molar-refractivity contribution in [1.29, 1.82) is 0 Å². The van der Waals surface area contributed by atoms with Crippen molar-refractivity contribution in [3.05, 3.63) is 36.2 Å². The van der Waals surface area contributed by atoms with Crippen molar-refractivity contribution in [2.24, 2.45) is 0 Å². The van der Waals surface area contributed by atoms with Gasteiger partial charge in [0.05, 0.1) is 24.8 Å². The first-order valence-corrected chi connectivity index (χ1v) is 8.72. The van der Waals surface area contributed by atoms with E-state index in [4.69, 9.17) is 0 Å². The minimum atomic E-state index is -0.311. The van der Waals surface area contributed by atoms with E-state index < -0.39 is 0 Å². The van der Waals surface area contributed by atoms with E-state index in [0.717, 1.165) is 19.3 Å². The first-order chi connectivity index (χ1) is 13.1. The Kier molecular flexibility index (Phi) is 5.74. The lowest BCUT2D eigenvalue weighted by atomic mass is 10.1. The molecule has 3 rings (SSSR count). The van der Waals surface area contributed by atoms with Crippen molar-refractivity contribution in [2.45, 2.75) is 31.3 Å². The van der Waals surface area contributed by atoms with Crippen LogP contribution < -0.4 is 21.3 Å². The lowest BCUT2D eigenvalue weighted by Gasteiger charge is -2.22. The number of carbonyl (C=O) groups excluding carboxylic acids is 2. The Balaban J connectivity index is 1.60. The molecule has 0 radical (unpaired) electrons. The zero-order valence-corrected chi connectivity index (χ0v) is 15.2. The van der Waals surface area contributed by atoms with E-state index in [1.54, 1.807) is 14.1 Å². The normalized spacial score (nSPS) is 18.6. The summed E-state index contributed by atoms with van der Waals surface area (Å²) in [5.74, 6) is 0.551. The molecule has 0 saturated heterocycles. The van der Waals surface area contributed by atoms with Crippen LogP contribution >= 0.6 is 0 Å². The molecule has 2 amide bonds. The Morgan fingerprint density at radius 1 is 0.778 bits per heavy atom. The van der Waals surface area contributed by atoms with Gasteiger partial charge in [0.2, 0.25) is 0 Å². The molecule has 2 aromatic heterocycles. The summed E-state index contributed by atoms with van der Waals surface area (Å²) in [4.78, 5) is 41.2. The number of carbonyl (C=O) groups is 2. The maximum absolute atomic E-state index is 12.4. The van der Waals surface area contributed by atoms with Crippen LogP contribution in [0.1, 0.15) is 40.2 Å². The van der Waals surface area contributed by atoms with Crippen LogP contribution in [0, 0.1) is 0 Å². The molecule has 2 heterocycles. The predicted molar refractivity (Wildman–Crippen MR) is 99.5 cm³/mol. The van der Waals surface area contributed by atoms with Gasteiger partial charge in [0, 0.05) is 26.2 Å². The standard InChI is InChI=1S/C17H22N8O2/c1-18-14-8-20-12(6-22-14)16(26)24-10-4-3-5-11(10)25-17(27)13-7-23-15(19-2)9-21-13/h6-11H,3-5H2,1-2H3,(H,18,22)(H,19,23)(H,24,26)(H,25,27). The number of nitrogens with one attached hydrogen (secondary N) is 4. The number of hydrogen-bond donors (Lipinski definition) is 4. The molecule has 2 aromatic rings. The summed E-state index contributed by atoms with van der Waals surface area (Å²) in [5.41, 5.74) is 0.471. The molecular formula is C17H22N8O2. The van der Waals surface area contributed by atoms with Gasteiger partial charge in [0.1, 0.15) is 23.0 Å². The minimum absolute atomic E-state index is 0.170. The third-order valence-electron chi connectivity index (χ3n) is 4.43. The molecule has 0 spiro atoms. The van der Waals surface area contributed by atoms with E-state index in [1.807, 2.05) is 0 Å². The van der Waals surface area contributed by atoms with Crippen LogP contribution in [0.5, 0.6) is 0 Å². The average Bonchev–Trinajstić information content (AvgIpc) is 3.14. The van der Waals surface area contributed by atoms with Gasteiger partial charge in [0.15, 0.2) is 0 Å². The summed E-state index contributed by atoms with van der Waals surface area (Å²) in [6, 6.07) is -0.339. The van der Waals surface area contributed by atoms with E-state index in [2.05, 4.69) is 41.2 Å². The zero-order valence-electron chi connectivity index (χ0n) is 15.2. The van der Waals surface area contributed by atoms with Crippen LogP contribution in [-0.2, 0) is 0 Å². The number of rotatable bonds is 6. The highest BCUT2D eigenvalue weighted by molar-refractivity contribution is 5.93. The summed E-state index contributed by atoms with van der Waals surface area (Å²) in [5, 5.41) is 11.6. The van der Waals surface area contributed by atoms with Gasteiger partial charge >= 0.3 is 0 Å². The molecule has 2 unspecified atom stereocenters. The van der Waals surface area contributed by atoms with Gasteiger partial charge in [-0.1, -0.05) is 0 Å². The van der Waals surface area contributed by atoms with Gasteiger partial charge in [-0.25, -0.2) is 19.9 Å². The van der Waals surface area contributed by atoms with Crippen molar-refractivity contribution < 1.29 is 9.59 Å². The highest BCUT2D eigenvalue weighted by Crippen LogP contribution is 2.20. The van der Waals surface area contributed by atoms with E-state index >= 15 is 0 Å². The summed E-state index contributed by atoms with van der Waals surface area (Å²) in [6.07, 6.45) is 8.30. The van der Waals surface area contributed by atoms with Gasteiger partial charge < -0.3 is 21.3 Å². The predicted octanol–water partition coefficient (Wildman–Crippen LogP) is 0.431. The fourth-order valence-corrected chi connectivity index (χ4v) is 2.94. The highest BCUT2D eigenvalue weighted by atomic mass is 16.2. The molecule has 10 heteroatoms. The molecule has 0 aromatic carbocycles. The second kappa shape index (κ2) is 8.39. The molecule has 10 nitrogen and oxygen atoms in total. The quantitative estimate of drug-likeness (QED) is 0.575. The van der Waals surface area contributed by atoms with E-state index in [9.17, 15) is 9.59 Å². The molecule has 0 bridgehead atoms. The van der Waals surface area contributed by atoms with E-state index in [1.165, 1.54) is 24.8 Å². The first-order valence-electron chi connectivity index (χ1n) is 8.72. The van der Waals surface area contributed by atoms with Crippen LogP contribution in [0.2, 0.25) is 0 Å². The first kappa shape index (κ1) is 18.5. The molecule has 1 saturated carbocycles. The second-order valence-corrected chi connectivity index (χ2v) is 6.16. The Morgan fingerprint density at radius 3 is 1.56 bits per heavy atom. The van der Waals surface area contributed by atoms with Gasteiger partial charge in [-0.05, 0) is 19.3 Å². The van der Waals surface area contributed by atoms with Gasteiger partial charge in [0.25, 0.3) is 11.8 Å². The monoisotopic (exact) mass is 370 g/mol. The van der Waals surface area contributed by atoms with Crippen molar-refractivity contribution in [3.8, 4) is 0 Å². The van der Waals surface area contributed by atoms with Crippen LogP contribution in [0.15, 0.2) is 24.8 Å². The molecule has 1 fully saturated rings. The summed E-state index contributed by atoms with van der Waals surface area (Å²) < 4.78 is 0. The highest BCUT2D eigenvalue weighted by Gasteiger charge is 2.31. The molecule has 2 atom stereocenters. The summed E-state index contributed by atoms with van der Waals surface area (Å²) in [6.45, 7) is 0. The Morgan fingerprint density at radius 2 is 1.22 bits per heavy atom. The largest absolute Gasteiger partial charge is 0.372 e. The zero-order chi connectivity index (χ0) is 19.2. The molecular weight excluding hydrogens is 348 g/mol. The Labute approximate surface area is 156 Å². The fourth-order valence-electron chi connectivity index (χ4n) is 2.94. The van der Waals surface area contributed by atoms with Crippen molar-refractivity contribution in [3.63, 3.8) is 0 Å². The van der Waals surface area contributed by atoms with Crippen LogP contribution in [0.3, 0.4) is 0 Å². The van der Waals surface area contributed by atoms with Gasteiger partial charge in [-0.2, -0.15) is 0 Å². The number of amides is 2. The van der Waals surface area contributed by atoms with Crippen molar-refractivity contribution in [2.75, 3.05) is 24.7 Å². The molecule has 1 aliphatic rings. The SMILES string of the molecule is CNc1cnc(C(=O)NC2CCCC2NC(=O)c2cnc(NC)cn2)cn1. The second-order valence-electron chi connectivity index (χ2n) is 6.16. The summed E-state index contributed by atoms with van der Waals surface area (Å²) >= 11 is 0. The topological polar surface area (TPSA) is 134 Å². The molecule has 142 valence electrons. The molecule has 0 aliphatic heterocycles. The van der Waals surface area contributed by atoms with Crippen LogP contribution in [0.25, 0.3) is 0 Å². The van der Waals surface area contributed by atoms with Crippen molar-refractivity contribution in [1.82, 2.24) is 30.6 Å². The number of aromatic nitrogens is 4. The van der Waals surface area contributed by atoms with Gasteiger partial charge in [-0.3, -0.25) is 9.59 Å². The lowest BCUT2D eigenvalue weighted by molar-refractivity contribution is 0.0886. The summed E-state index contributed by atoms with van der Waals surface area (Å²) in [7, 11) is 3.46. The third kappa shape index (κ3) is 4.46. The smallest absolute Gasteiger partial charge is 0.271 e. The Hall–Kier alpha value is -3.30. The van der Waals surface area contributed by atoms with Gasteiger partial charge in [-0.15, -0.1) is 0 Å². The van der Waals surface area contributed by atoms with E-state index in [-0.39, 0.29) is 35.3 Å². The van der Waals surface area contributed by atoms with Crippen molar-refractivity contribution >= 4 is 23.5 Å². The number of nitrogens with zero attached hydrogens (tertiary/aromatic N) is 4. The fraction of sp³-hybridized carbons (Fsp3) is 0.412. The Bertz CT molecular complexity index is 726. The average molecular weight is 370 g/mol. The van der Waals surface area contributed by atoms with E-state index in [0.29, 0.717) is 11.6 Å². The number of hydrogen-bond acceptors (Lipinski definition) is 8. The third-order valence-corrected chi connectivity index (χ3v) is 4.43. The lowest BCUT2D eigenvalue weighted by Crippen LogP contribution is -2.48. The van der Waals surface area contributed by atoms with Crippen LogP contribution in [-0.4, -0.2) is 57.9 Å². The maximum atomic E-state index is 12.4. The van der Waals surface area contributed by atoms with Crippen LogP contribution in [0.4, 0.5) is 11.6 Å². The molecule has 1 aliphatic carbocycles. The number of anilines is 2. The maximum Gasteiger partial charge on any atom is 0.271 e. The minimum Gasteiger partial charge on any atom is -0.372 e. The molecule has 4 N–H and O–H groups in total. The molecule has 27 heavy (non-hydrogen) atoms.